The first-order chi connectivity index (χ1) is 13.6. The molecule has 1 aliphatic heterocycles. The molecule has 0 radical (unpaired) electrons. The summed E-state index contributed by atoms with van der Waals surface area (Å²) in [5, 5.41) is 5.62. The molecule has 1 aliphatic rings. The fourth-order valence-electron chi connectivity index (χ4n) is 2.93. The lowest BCUT2D eigenvalue weighted by Crippen LogP contribution is -2.35. The number of morpholine rings is 1. The molecule has 2 amide bonds. The quantitative estimate of drug-likeness (QED) is 0.686. The maximum Gasteiger partial charge on any atom is 0.251 e. The van der Waals surface area contributed by atoms with Gasteiger partial charge in [0.25, 0.3) is 5.91 Å². The smallest absolute Gasteiger partial charge is 0.251 e. The molecule has 2 aromatic carbocycles. The Morgan fingerprint density at radius 3 is 2.36 bits per heavy atom. The van der Waals surface area contributed by atoms with Crippen LogP contribution in [-0.2, 0) is 16.1 Å². The standard InChI is InChI=1S/C21H24BrN3O3/c22-18-5-3-17(4-6-18)21(27)23-10-9-20(26)24-19-7-1-16(2-8-19)15-25-11-13-28-14-12-25/h1-8H,9-15H2,(H,23,27)(H,24,26). The van der Waals surface area contributed by atoms with Gasteiger partial charge >= 0.3 is 0 Å². The van der Waals surface area contributed by atoms with Crippen LogP contribution in [0.15, 0.2) is 53.0 Å². The Kier molecular flexibility index (Phi) is 7.59. The van der Waals surface area contributed by atoms with Gasteiger partial charge in [0.1, 0.15) is 0 Å². The van der Waals surface area contributed by atoms with Crippen LogP contribution < -0.4 is 10.6 Å². The Labute approximate surface area is 173 Å². The predicted molar refractivity (Wildman–Crippen MR) is 112 cm³/mol. The van der Waals surface area contributed by atoms with E-state index in [1.807, 2.05) is 36.4 Å². The topological polar surface area (TPSA) is 70.7 Å². The number of nitrogens with zero attached hydrogens (tertiary/aromatic N) is 1. The number of rotatable bonds is 7. The molecule has 0 atom stereocenters. The van der Waals surface area contributed by atoms with Crippen LogP contribution >= 0.6 is 15.9 Å². The van der Waals surface area contributed by atoms with Crippen LogP contribution in [-0.4, -0.2) is 49.6 Å². The highest BCUT2D eigenvalue weighted by Gasteiger charge is 2.11. The van der Waals surface area contributed by atoms with Crippen LogP contribution in [0.1, 0.15) is 22.3 Å². The first kappa shape index (κ1) is 20.5. The Morgan fingerprint density at radius 1 is 1.00 bits per heavy atom. The Bertz CT molecular complexity index is 788. The van der Waals surface area contributed by atoms with Gasteiger partial charge in [-0.25, -0.2) is 0 Å². The van der Waals surface area contributed by atoms with Crippen molar-refractivity contribution in [2.45, 2.75) is 13.0 Å². The Balaban J connectivity index is 1.39. The second-order valence-electron chi connectivity index (χ2n) is 6.65. The van der Waals surface area contributed by atoms with Crippen molar-refractivity contribution in [3.05, 3.63) is 64.1 Å². The zero-order chi connectivity index (χ0) is 19.8. The monoisotopic (exact) mass is 445 g/mol. The Morgan fingerprint density at radius 2 is 1.68 bits per heavy atom. The minimum atomic E-state index is -0.187. The van der Waals surface area contributed by atoms with Crippen molar-refractivity contribution >= 4 is 33.4 Å². The van der Waals surface area contributed by atoms with Gasteiger partial charge in [0, 0.05) is 48.3 Å². The van der Waals surface area contributed by atoms with E-state index >= 15 is 0 Å². The number of ether oxygens (including phenoxy) is 1. The van der Waals surface area contributed by atoms with Gasteiger partial charge < -0.3 is 15.4 Å². The number of halogens is 1. The van der Waals surface area contributed by atoms with E-state index in [0.717, 1.165) is 43.0 Å². The van der Waals surface area contributed by atoms with E-state index in [1.54, 1.807) is 12.1 Å². The molecule has 28 heavy (non-hydrogen) atoms. The van der Waals surface area contributed by atoms with Gasteiger partial charge in [-0.05, 0) is 42.0 Å². The van der Waals surface area contributed by atoms with Crippen LogP contribution in [0.2, 0.25) is 0 Å². The van der Waals surface area contributed by atoms with Crippen LogP contribution in [0.5, 0.6) is 0 Å². The van der Waals surface area contributed by atoms with Gasteiger partial charge in [-0.1, -0.05) is 28.1 Å². The number of hydrogen-bond acceptors (Lipinski definition) is 4. The second kappa shape index (κ2) is 10.4. The second-order valence-corrected chi connectivity index (χ2v) is 7.56. The molecule has 0 spiro atoms. The molecule has 2 N–H and O–H groups in total. The summed E-state index contributed by atoms with van der Waals surface area (Å²) in [6.45, 7) is 4.64. The summed E-state index contributed by atoms with van der Waals surface area (Å²) in [7, 11) is 0. The zero-order valence-corrected chi connectivity index (χ0v) is 17.2. The molecular formula is C21H24BrN3O3. The molecule has 148 valence electrons. The van der Waals surface area contributed by atoms with E-state index < -0.39 is 0 Å². The molecule has 0 unspecified atom stereocenters. The first-order valence-electron chi connectivity index (χ1n) is 9.33. The van der Waals surface area contributed by atoms with Crippen molar-refractivity contribution in [2.75, 3.05) is 38.2 Å². The van der Waals surface area contributed by atoms with Gasteiger partial charge in [0.2, 0.25) is 5.91 Å². The van der Waals surface area contributed by atoms with E-state index in [9.17, 15) is 9.59 Å². The molecule has 3 rings (SSSR count). The van der Waals surface area contributed by atoms with Gasteiger partial charge in [-0.3, -0.25) is 14.5 Å². The normalized spacial score (nSPS) is 14.5. The molecule has 0 aliphatic carbocycles. The fraction of sp³-hybridized carbons (Fsp3) is 0.333. The minimum absolute atomic E-state index is 0.128. The van der Waals surface area contributed by atoms with Gasteiger partial charge in [0.05, 0.1) is 13.2 Å². The Hall–Kier alpha value is -2.22. The summed E-state index contributed by atoms with van der Waals surface area (Å²) < 4.78 is 6.28. The molecule has 1 heterocycles. The third-order valence-corrected chi connectivity index (χ3v) is 5.02. The summed E-state index contributed by atoms with van der Waals surface area (Å²) in [6, 6.07) is 15.0. The number of carbonyl (C=O) groups excluding carboxylic acids is 2. The maximum absolute atomic E-state index is 12.1. The molecule has 0 aromatic heterocycles. The minimum Gasteiger partial charge on any atom is -0.379 e. The van der Waals surface area contributed by atoms with Crippen molar-refractivity contribution in [2.24, 2.45) is 0 Å². The average Bonchev–Trinajstić information content (AvgIpc) is 2.71. The zero-order valence-electron chi connectivity index (χ0n) is 15.6. The van der Waals surface area contributed by atoms with Crippen molar-refractivity contribution in [1.29, 1.82) is 0 Å². The number of carbonyl (C=O) groups is 2. The molecule has 1 saturated heterocycles. The van der Waals surface area contributed by atoms with Crippen molar-refractivity contribution in [3.8, 4) is 0 Å². The third-order valence-electron chi connectivity index (χ3n) is 4.49. The highest BCUT2D eigenvalue weighted by molar-refractivity contribution is 9.10. The third kappa shape index (κ3) is 6.44. The molecule has 0 bridgehead atoms. The van der Waals surface area contributed by atoms with E-state index in [1.165, 1.54) is 5.56 Å². The molecule has 0 saturated carbocycles. The summed E-state index contributed by atoms with van der Waals surface area (Å²) in [6.07, 6.45) is 0.220. The summed E-state index contributed by atoms with van der Waals surface area (Å²) in [5.41, 5.74) is 2.54. The van der Waals surface area contributed by atoms with E-state index in [0.29, 0.717) is 5.56 Å². The van der Waals surface area contributed by atoms with Crippen LogP contribution in [0.4, 0.5) is 5.69 Å². The number of nitrogens with one attached hydrogen (secondary N) is 2. The average molecular weight is 446 g/mol. The SMILES string of the molecule is O=C(CCNC(=O)c1ccc(Br)cc1)Nc1ccc(CN2CCOCC2)cc1. The molecule has 7 heteroatoms. The van der Waals surface area contributed by atoms with E-state index in [-0.39, 0.29) is 24.8 Å². The lowest BCUT2D eigenvalue weighted by Gasteiger charge is -2.26. The van der Waals surface area contributed by atoms with Crippen molar-refractivity contribution in [1.82, 2.24) is 10.2 Å². The van der Waals surface area contributed by atoms with Crippen molar-refractivity contribution in [3.63, 3.8) is 0 Å². The fourth-order valence-corrected chi connectivity index (χ4v) is 3.19. The molecule has 6 nitrogen and oxygen atoms in total. The van der Waals surface area contributed by atoms with Crippen LogP contribution in [0, 0.1) is 0 Å². The molecule has 1 fully saturated rings. The number of amides is 2. The molecular weight excluding hydrogens is 422 g/mol. The van der Waals surface area contributed by atoms with Gasteiger partial charge in [0.15, 0.2) is 0 Å². The number of benzene rings is 2. The lowest BCUT2D eigenvalue weighted by molar-refractivity contribution is -0.116. The number of anilines is 1. The first-order valence-corrected chi connectivity index (χ1v) is 10.1. The van der Waals surface area contributed by atoms with Gasteiger partial charge in [-0.2, -0.15) is 0 Å². The maximum atomic E-state index is 12.1. The van der Waals surface area contributed by atoms with Crippen LogP contribution in [0.25, 0.3) is 0 Å². The number of hydrogen-bond donors (Lipinski definition) is 2. The summed E-state index contributed by atoms with van der Waals surface area (Å²) in [4.78, 5) is 26.5. The summed E-state index contributed by atoms with van der Waals surface area (Å²) in [5.74, 6) is -0.315. The van der Waals surface area contributed by atoms with Crippen LogP contribution in [0.3, 0.4) is 0 Å². The van der Waals surface area contributed by atoms with E-state index in [4.69, 9.17) is 4.74 Å². The largest absolute Gasteiger partial charge is 0.379 e. The predicted octanol–water partition coefficient (Wildman–Crippen LogP) is 3.04. The summed E-state index contributed by atoms with van der Waals surface area (Å²) >= 11 is 3.33. The molecule has 2 aromatic rings. The van der Waals surface area contributed by atoms with Crippen molar-refractivity contribution < 1.29 is 14.3 Å². The highest BCUT2D eigenvalue weighted by atomic mass is 79.9. The van der Waals surface area contributed by atoms with E-state index in [2.05, 4.69) is 31.5 Å². The lowest BCUT2D eigenvalue weighted by atomic mass is 10.2. The van der Waals surface area contributed by atoms with Gasteiger partial charge in [-0.15, -0.1) is 0 Å². The highest BCUT2D eigenvalue weighted by Crippen LogP contribution is 2.13.